The lowest BCUT2D eigenvalue weighted by atomic mass is 9.87. The summed E-state index contributed by atoms with van der Waals surface area (Å²) in [6.07, 6.45) is 4.38. The lowest BCUT2D eigenvalue weighted by Crippen LogP contribution is -2.45. The van der Waals surface area contributed by atoms with Crippen molar-refractivity contribution in [3.63, 3.8) is 0 Å². The summed E-state index contributed by atoms with van der Waals surface area (Å²) in [4.78, 5) is 9.61. The molecule has 4 nitrogen and oxygen atoms in total. The molecule has 0 amide bonds. The van der Waals surface area contributed by atoms with Gasteiger partial charge >= 0.3 is 0 Å². The van der Waals surface area contributed by atoms with Gasteiger partial charge in [0, 0.05) is 42.8 Å². The van der Waals surface area contributed by atoms with Gasteiger partial charge in [0.25, 0.3) is 0 Å². The van der Waals surface area contributed by atoms with E-state index >= 15 is 0 Å². The zero-order chi connectivity index (χ0) is 21.3. The van der Waals surface area contributed by atoms with Crippen molar-refractivity contribution in [2.45, 2.75) is 40.2 Å². The first-order valence-corrected chi connectivity index (χ1v) is 11.0. The van der Waals surface area contributed by atoms with E-state index in [-0.39, 0.29) is 5.54 Å². The number of likely N-dealkylation sites (N-methyl/N-ethyl adjacent to an activating group) is 1. The molecule has 30 heavy (non-hydrogen) atoms. The summed E-state index contributed by atoms with van der Waals surface area (Å²) in [6, 6.07) is 13.1. The minimum Gasteiger partial charge on any atom is -0.378 e. The second-order valence-corrected chi connectivity index (χ2v) is 8.83. The summed E-state index contributed by atoms with van der Waals surface area (Å²) in [5, 5.41) is 0. The molecule has 4 heteroatoms. The molecule has 2 aromatic rings. The summed E-state index contributed by atoms with van der Waals surface area (Å²) >= 11 is 0. The molecule has 0 aromatic heterocycles. The van der Waals surface area contributed by atoms with Gasteiger partial charge in [0.15, 0.2) is 0 Å². The van der Waals surface area contributed by atoms with Gasteiger partial charge in [-0.25, -0.2) is 0 Å². The first-order chi connectivity index (χ1) is 14.4. The number of fused-ring (bicyclic) bond motifs is 1. The quantitative estimate of drug-likeness (QED) is 0.622. The predicted molar refractivity (Wildman–Crippen MR) is 129 cm³/mol. The maximum absolute atomic E-state index is 5.44. The summed E-state index contributed by atoms with van der Waals surface area (Å²) in [6.45, 7) is 15.7. The Morgan fingerprint density at radius 1 is 1.07 bits per heavy atom. The molecule has 0 spiro atoms. The number of hydrogen-bond acceptors (Lipinski definition) is 4. The van der Waals surface area contributed by atoms with Crippen LogP contribution >= 0.6 is 0 Å². The van der Waals surface area contributed by atoms with E-state index in [9.17, 15) is 0 Å². The monoisotopic (exact) mass is 403 g/mol. The number of morpholine rings is 1. The fourth-order valence-corrected chi connectivity index (χ4v) is 4.68. The van der Waals surface area contributed by atoms with E-state index in [1.807, 2.05) is 6.21 Å². The number of aliphatic imine (C=N–C) groups is 1. The van der Waals surface area contributed by atoms with Gasteiger partial charge in [-0.05, 0) is 87.7 Å². The zero-order valence-corrected chi connectivity index (χ0v) is 18.9. The van der Waals surface area contributed by atoms with Gasteiger partial charge in [0.2, 0.25) is 0 Å². The number of anilines is 2. The third-order valence-electron chi connectivity index (χ3n) is 6.26. The SMILES string of the molecule is CCN1c2cc(C)c(C=Nc3ccc(N4CCOCC4)cc3)cc2C(C)=CC1(C)C. The summed E-state index contributed by atoms with van der Waals surface area (Å²) < 4.78 is 5.44. The minimum absolute atomic E-state index is 0.0378. The highest BCUT2D eigenvalue weighted by Gasteiger charge is 2.30. The molecule has 4 rings (SSSR count). The van der Waals surface area contributed by atoms with Crippen LogP contribution in [0.4, 0.5) is 17.1 Å². The van der Waals surface area contributed by atoms with Crippen LogP contribution < -0.4 is 9.80 Å². The van der Waals surface area contributed by atoms with Gasteiger partial charge in [-0.2, -0.15) is 0 Å². The van der Waals surface area contributed by atoms with Gasteiger partial charge in [-0.1, -0.05) is 6.08 Å². The topological polar surface area (TPSA) is 28.1 Å². The Balaban J connectivity index is 1.58. The molecule has 0 saturated carbocycles. The molecule has 0 N–H and O–H groups in total. The second-order valence-electron chi connectivity index (χ2n) is 8.83. The Bertz CT molecular complexity index is 967. The van der Waals surface area contributed by atoms with E-state index < -0.39 is 0 Å². The normalized spacial score (nSPS) is 18.5. The largest absolute Gasteiger partial charge is 0.378 e. The van der Waals surface area contributed by atoms with Crippen molar-refractivity contribution < 1.29 is 4.74 Å². The molecule has 0 atom stereocenters. The average Bonchev–Trinajstić information content (AvgIpc) is 2.73. The number of ether oxygens (including phenoxy) is 1. The van der Waals surface area contributed by atoms with Gasteiger partial charge in [0.1, 0.15) is 0 Å². The Morgan fingerprint density at radius 2 is 1.77 bits per heavy atom. The van der Waals surface area contributed by atoms with E-state index in [2.05, 4.69) is 86.9 Å². The number of hydrogen-bond donors (Lipinski definition) is 0. The maximum Gasteiger partial charge on any atom is 0.0642 e. The lowest BCUT2D eigenvalue weighted by Gasteiger charge is -2.43. The number of nitrogens with zero attached hydrogens (tertiary/aromatic N) is 3. The molecule has 2 aliphatic heterocycles. The van der Waals surface area contributed by atoms with Crippen molar-refractivity contribution in [1.29, 1.82) is 0 Å². The third-order valence-corrected chi connectivity index (χ3v) is 6.26. The maximum atomic E-state index is 5.44. The van der Waals surface area contributed by atoms with Crippen molar-refractivity contribution in [3.8, 4) is 0 Å². The van der Waals surface area contributed by atoms with Crippen LogP contribution in [0.3, 0.4) is 0 Å². The molecule has 0 aliphatic carbocycles. The van der Waals surface area contributed by atoms with E-state index in [1.165, 1.54) is 33.6 Å². The number of aryl methyl sites for hydroxylation is 1. The van der Waals surface area contributed by atoms with E-state index in [0.29, 0.717) is 0 Å². The second kappa shape index (κ2) is 8.27. The van der Waals surface area contributed by atoms with Crippen LogP contribution in [0.15, 0.2) is 47.5 Å². The Morgan fingerprint density at radius 3 is 2.43 bits per heavy atom. The highest BCUT2D eigenvalue weighted by molar-refractivity contribution is 5.90. The molecular weight excluding hydrogens is 370 g/mol. The van der Waals surface area contributed by atoms with Crippen LogP contribution in [0.1, 0.15) is 44.4 Å². The van der Waals surface area contributed by atoms with Gasteiger partial charge in [-0.15, -0.1) is 0 Å². The number of allylic oxidation sites excluding steroid dienone is 1. The summed E-state index contributed by atoms with van der Waals surface area (Å²) in [5.41, 5.74) is 8.66. The molecule has 0 bridgehead atoms. The van der Waals surface area contributed by atoms with Crippen LogP contribution in [-0.2, 0) is 4.74 Å². The highest BCUT2D eigenvalue weighted by atomic mass is 16.5. The first kappa shape index (κ1) is 20.7. The zero-order valence-electron chi connectivity index (χ0n) is 18.9. The molecule has 0 radical (unpaired) electrons. The number of benzene rings is 2. The lowest BCUT2D eigenvalue weighted by molar-refractivity contribution is 0.122. The molecule has 158 valence electrons. The molecule has 2 heterocycles. The van der Waals surface area contributed by atoms with E-state index in [1.54, 1.807) is 0 Å². The van der Waals surface area contributed by atoms with E-state index in [0.717, 1.165) is 38.5 Å². The Labute approximate surface area is 180 Å². The van der Waals surface area contributed by atoms with Gasteiger partial charge < -0.3 is 14.5 Å². The molecule has 1 fully saturated rings. The summed E-state index contributed by atoms with van der Waals surface area (Å²) in [5.74, 6) is 0. The minimum atomic E-state index is 0.0378. The van der Waals surface area contributed by atoms with Crippen molar-refractivity contribution in [3.05, 3.63) is 59.2 Å². The van der Waals surface area contributed by atoms with Crippen LogP contribution in [0.25, 0.3) is 5.57 Å². The van der Waals surface area contributed by atoms with Crippen LogP contribution in [0.5, 0.6) is 0 Å². The van der Waals surface area contributed by atoms with Crippen molar-refractivity contribution >= 4 is 28.8 Å². The Kier molecular flexibility index (Phi) is 5.70. The Hall–Kier alpha value is -2.59. The third kappa shape index (κ3) is 4.01. The predicted octanol–water partition coefficient (Wildman–Crippen LogP) is 5.60. The average molecular weight is 404 g/mol. The van der Waals surface area contributed by atoms with Crippen molar-refractivity contribution in [1.82, 2.24) is 0 Å². The molecule has 0 unspecified atom stereocenters. The summed E-state index contributed by atoms with van der Waals surface area (Å²) in [7, 11) is 0. The van der Waals surface area contributed by atoms with Crippen molar-refractivity contribution in [2.24, 2.45) is 4.99 Å². The van der Waals surface area contributed by atoms with Crippen molar-refractivity contribution in [2.75, 3.05) is 42.6 Å². The van der Waals surface area contributed by atoms with Crippen LogP contribution in [0.2, 0.25) is 0 Å². The molecular formula is C26H33N3O. The molecule has 1 saturated heterocycles. The fraction of sp³-hybridized carbons (Fsp3) is 0.423. The fourth-order valence-electron chi connectivity index (χ4n) is 4.68. The van der Waals surface area contributed by atoms with Gasteiger partial charge in [-0.3, -0.25) is 4.99 Å². The smallest absolute Gasteiger partial charge is 0.0642 e. The van der Waals surface area contributed by atoms with Gasteiger partial charge in [0.05, 0.1) is 24.4 Å². The standard InChI is InChI=1S/C26H33N3O/c1-6-29-25-15-19(2)21(16-24(25)20(3)17-26(29,4)5)18-27-22-7-9-23(10-8-22)28-11-13-30-14-12-28/h7-10,15-18H,6,11-14H2,1-5H3. The van der Waals surface area contributed by atoms with Crippen LogP contribution in [-0.4, -0.2) is 44.6 Å². The number of rotatable bonds is 4. The molecule has 2 aliphatic rings. The van der Waals surface area contributed by atoms with Crippen LogP contribution in [0, 0.1) is 6.92 Å². The van der Waals surface area contributed by atoms with E-state index in [4.69, 9.17) is 9.73 Å². The highest BCUT2D eigenvalue weighted by Crippen LogP contribution is 2.40. The molecule has 2 aromatic carbocycles. The first-order valence-electron chi connectivity index (χ1n) is 11.0.